The maximum absolute atomic E-state index is 13.5. The number of hydrogen-bond acceptors (Lipinski definition) is 6. The van der Waals surface area contributed by atoms with Gasteiger partial charge in [0, 0.05) is 54.6 Å². The number of urea groups is 1. The molecule has 0 saturated carbocycles. The lowest BCUT2D eigenvalue weighted by Crippen LogP contribution is -2.53. The summed E-state index contributed by atoms with van der Waals surface area (Å²) in [5.41, 5.74) is 1.72. The predicted molar refractivity (Wildman–Crippen MR) is 127 cm³/mol. The number of nitrogens with one attached hydrogen (secondary N) is 1. The molecule has 1 N–H and O–H groups in total. The highest BCUT2D eigenvalue weighted by molar-refractivity contribution is 8.00. The van der Waals surface area contributed by atoms with Crippen LogP contribution in [0.4, 0.5) is 10.5 Å². The van der Waals surface area contributed by atoms with Gasteiger partial charge in [0.1, 0.15) is 4.90 Å². The standard InChI is InChI=1S/C22H26N4O5S2/c1-4-9-23-22(27)24-10-12-25(13-11-24)33(30,31)21-15-18(26(28)29)7-8-19(21)32-20-14-16(2)5-6-17(20)3/h4-8,14-15H,1,9-13H2,2-3H3,(H,23,27). The van der Waals surface area contributed by atoms with Crippen molar-refractivity contribution in [2.45, 2.75) is 28.5 Å². The molecule has 33 heavy (non-hydrogen) atoms. The van der Waals surface area contributed by atoms with E-state index in [4.69, 9.17) is 0 Å². The molecule has 9 nitrogen and oxygen atoms in total. The van der Waals surface area contributed by atoms with Crippen molar-refractivity contribution in [1.82, 2.24) is 14.5 Å². The van der Waals surface area contributed by atoms with E-state index in [1.54, 1.807) is 6.08 Å². The third kappa shape index (κ3) is 5.73. The van der Waals surface area contributed by atoms with E-state index < -0.39 is 14.9 Å². The molecular formula is C22H26N4O5S2. The van der Waals surface area contributed by atoms with Gasteiger partial charge >= 0.3 is 6.03 Å². The summed E-state index contributed by atoms with van der Waals surface area (Å²) in [5, 5.41) is 14.0. The van der Waals surface area contributed by atoms with Gasteiger partial charge in [0.25, 0.3) is 5.69 Å². The lowest BCUT2D eigenvalue weighted by atomic mass is 10.2. The largest absolute Gasteiger partial charge is 0.335 e. The van der Waals surface area contributed by atoms with Crippen molar-refractivity contribution in [1.29, 1.82) is 0 Å². The second-order valence-corrected chi connectivity index (χ2v) is 10.6. The van der Waals surface area contributed by atoms with E-state index in [0.29, 0.717) is 11.4 Å². The van der Waals surface area contributed by atoms with Crippen molar-refractivity contribution >= 4 is 33.5 Å². The number of hydrogen-bond donors (Lipinski definition) is 1. The normalized spacial score (nSPS) is 14.7. The summed E-state index contributed by atoms with van der Waals surface area (Å²) in [6.45, 7) is 8.38. The summed E-state index contributed by atoms with van der Waals surface area (Å²) in [4.78, 5) is 25.6. The third-order valence-corrected chi connectivity index (χ3v) is 8.55. The van der Waals surface area contributed by atoms with Crippen molar-refractivity contribution in [2.75, 3.05) is 32.7 Å². The van der Waals surface area contributed by atoms with Crippen molar-refractivity contribution in [2.24, 2.45) is 0 Å². The fraction of sp³-hybridized carbons (Fsp3) is 0.318. The molecule has 11 heteroatoms. The topological polar surface area (TPSA) is 113 Å². The monoisotopic (exact) mass is 490 g/mol. The summed E-state index contributed by atoms with van der Waals surface area (Å²) in [6, 6.07) is 9.51. The molecule has 0 spiro atoms. The van der Waals surface area contributed by atoms with Crippen LogP contribution >= 0.6 is 11.8 Å². The van der Waals surface area contributed by atoms with E-state index in [-0.39, 0.29) is 42.8 Å². The van der Waals surface area contributed by atoms with E-state index >= 15 is 0 Å². The van der Waals surface area contributed by atoms with Gasteiger partial charge in [0.15, 0.2) is 0 Å². The molecule has 1 fully saturated rings. The van der Waals surface area contributed by atoms with Crippen LogP contribution in [0.5, 0.6) is 0 Å². The van der Waals surface area contributed by atoms with Crippen LogP contribution in [0.3, 0.4) is 0 Å². The van der Waals surface area contributed by atoms with Gasteiger partial charge in [0.2, 0.25) is 10.0 Å². The van der Waals surface area contributed by atoms with Crippen molar-refractivity contribution in [3.63, 3.8) is 0 Å². The van der Waals surface area contributed by atoms with Gasteiger partial charge in [-0.05, 0) is 37.1 Å². The summed E-state index contributed by atoms with van der Waals surface area (Å²) in [7, 11) is -4.02. The lowest BCUT2D eigenvalue weighted by Gasteiger charge is -2.34. The minimum Gasteiger partial charge on any atom is -0.335 e. The van der Waals surface area contributed by atoms with E-state index in [1.165, 1.54) is 33.1 Å². The molecule has 1 aliphatic heterocycles. The maximum atomic E-state index is 13.5. The first-order valence-electron chi connectivity index (χ1n) is 10.3. The van der Waals surface area contributed by atoms with E-state index in [2.05, 4.69) is 11.9 Å². The van der Waals surface area contributed by atoms with Gasteiger partial charge in [-0.2, -0.15) is 4.31 Å². The van der Waals surface area contributed by atoms with Crippen molar-refractivity contribution in [3.8, 4) is 0 Å². The molecule has 0 aromatic heterocycles. The molecule has 0 unspecified atom stereocenters. The number of sulfonamides is 1. The highest BCUT2D eigenvalue weighted by Crippen LogP contribution is 2.38. The highest BCUT2D eigenvalue weighted by atomic mass is 32.2. The van der Waals surface area contributed by atoms with Gasteiger partial charge in [0.05, 0.1) is 4.92 Å². The molecular weight excluding hydrogens is 464 g/mol. The van der Waals surface area contributed by atoms with Gasteiger partial charge in [-0.25, -0.2) is 13.2 Å². The van der Waals surface area contributed by atoms with Crippen LogP contribution in [-0.4, -0.2) is 61.3 Å². The van der Waals surface area contributed by atoms with Crippen molar-refractivity contribution < 1.29 is 18.1 Å². The minimum atomic E-state index is -4.02. The molecule has 2 aromatic rings. The zero-order chi connectivity index (χ0) is 24.2. The number of carbonyl (C=O) groups excluding carboxylic acids is 1. The molecule has 0 bridgehead atoms. The molecule has 0 radical (unpaired) electrons. The average molecular weight is 491 g/mol. The Morgan fingerprint density at radius 3 is 2.48 bits per heavy atom. The Morgan fingerprint density at radius 1 is 1.15 bits per heavy atom. The van der Waals surface area contributed by atoms with Gasteiger partial charge in [-0.3, -0.25) is 10.1 Å². The summed E-state index contributed by atoms with van der Waals surface area (Å²) in [5.74, 6) is 0. The van der Waals surface area contributed by atoms with Crippen LogP contribution in [0.1, 0.15) is 11.1 Å². The van der Waals surface area contributed by atoms with Crippen LogP contribution < -0.4 is 5.32 Å². The average Bonchev–Trinajstić information content (AvgIpc) is 2.80. The number of rotatable bonds is 7. The molecule has 1 aliphatic rings. The smallest absolute Gasteiger partial charge is 0.317 e. The first-order valence-corrected chi connectivity index (χ1v) is 12.6. The number of benzene rings is 2. The Balaban J connectivity index is 1.90. The molecule has 0 atom stereocenters. The number of nitro groups is 1. The number of carbonyl (C=O) groups is 1. The Morgan fingerprint density at radius 2 is 1.85 bits per heavy atom. The Kier molecular flexibility index (Phi) is 7.77. The number of nitrogens with zero attached hydrogens (tertiary/aromatic N) is 3. The quantitative estimate of drug-likeness (QED) is 0.361. The summed E-state index contributed by atoms with van der Waals surface area (Å²) < 4.78 is 28.3. The fourth-order valence-corrected chi connectivity index (χ4v) is 6.34. The van der Waals surface area contributed by atoms with Crippen molar-refractivity contribution in [3.05, 3.63) is 70.3 Å². The lowest BCUT2D eigenvalue weighted by molar-refractivity contribution is -0.385. The zero-order valence-electron chi connectivity index (χ0n) is 18.5. The number of amides is 2. The minimum absolute atomic E-state index is 0.0973. The molecule has 3 rings (SSSR count). The Hall–Kier alpha value is -2.89. The second kappa shape index (κ2) is 10.4. The van der Waals surface area contributed by atoms with Crippen LogP contribution in [0.25, 0.3) is 0 Å². The van der Waals surface area contributed by atoms with Crippen LogP contribution in [-0.2, 0) is 10.0 Å². The second-order valence-electron chi connectivity index (χ2n) is 7.63. The number of aryl methyl sites for hydroxylation is 2. The highest BCUT2D eigenvalue weighted by Gasteiger charge is 2.33. The van der Waals surface area contributed by atoms with Gasteiger partial charge in [-0.1, -0.05) is 30.0 Å². The molecule has 176 valence electrons. The molecule has 2 amide bonds. The van der Waals surface area contributed by atoms with E-state index in [9.17, 15) is 23.3 Å². The molecule has 1 heterocycles. The summed E-state index contributed by atoms with van der Waals surface area (Å²) in [6.07, 6.45) is 1.57. The molecule has 1 saturated heterocycles. The van der Waals surface area contributed by atoms with E-state index in [0.717, 1.165) is 22.1 Å². The van der Waals surface area contributed by atoms with Crippen LogP contribution in [0.2, 0.25) is 0 Å². The SMILES string of the molecule is C=CCNC(=O)N1CCN(S(=O)(=O)c2cc([N+](=O)[O-])ccc2Sc2cc(C)ccc2C)CC1. The maximum Gasteiger partial charge on any atom is 0.317 e. The van der Waals surface area contributed by atoms with Gasteiger partial charge in [-0.15, -0.1) is 6.58 Å². The molecule has 0 aliphatic carbocycles. The van der Waals surface area contributed by atoms with Crippen LogP contribution in [0.15, 0.2) is 63.7 Å². The number of piperazine rings is 1. The number of nitro benzene ring substituents is 1. The first-order chi connectivity index (χ1) is 15.6. The van der Waals surface area contributed by atoms with E-state index in [1.807, 2.05) is 32.0 Å². The fourth-order valence-electron chi connectivity index (χ4n) is 3.37. The van der Waals surface area contributed by atoms with Gasteiger partial charge < -0.3 is 10.2 Å². The molecule has 2 aromatic carbocycles. The zero-order valence-corrected chi connectivity index (χ0v) is 20.1. The first kappa shape index (κ1) is 24.7. The Labute approximate surface area is 197 Å². The number of non-ortho nitro benzene ring substituents is 1. The summed E-state index contributed by atoms with van der Waals surface area (Å²) >= 11 is 1.27. The predicted octanol–water partition coefficient (Wildman–Crippen LogP) is 3.56. The van der Waals surface area contributed by atoms with Crippen LogP contribution in [0, 0.1) is 24.0 Å². The third-order valence-electron chi connectivity index (χ3n) is 5.24. The Bertz CT molecular complexity index is 1180.